The molecule has 72 heavy (non-hydrogen) atoms. The number of carbonyl (C=O) groups is 2. The summed E-state index contributed by atoms with van der Waals surface area (Å²) in [5.74, 6) is -4.26. The summed E-state index contributed by atoms with van der Waals surface area (Å²) in [5, 5.41) is 4.91. The standard InChI is InChI=1S/C22H17ClF4N2O5S.C20H13ClF4N2O4S.ClHN4/c1-33-12-29(35(31,32)15-6-3-5-13(9-15)22(25,26)27)17-10-14(23)11-28-20(17)21(30)19-16(24)7-4-8-18(19)34-2;1-31-16-7-3-6-14(22)17(16)19(28)18-15(9-12(21)10-26-18)27-32(29,30)13-5-2-4-11(8-13)20(23,24)25;1-3-5-4-2/h3-11H,12H2,1-2H3;2-10,27H,1H3;2H. The number of pyridine rings is 2. The number of hydrogen-bond acceptors (Lipinski definition) is 13. The van der Waals surface area contributed by atoms with Crippen molar-refractivity contribution in [2.75, 3.05) is 37.1 Å². The fourth-order valence-electron chi connectivity index (χ4n) is 5.92. The van der Waals surface area contributed by atoms with E-state index in [2.05, 4.69) is 36.8 Å². The Labute approximate surface area is 418 Å². The third-order valence-corrected chi connectivity index (χ3v) is 12.6. The predicted molar refractivity (Wildman–Crippen MR) is 242 cm³/mol. The normalized spacial score (nSPS) is 11.6. The number of nitrogens with one attached hydrogen (secondary N) is 2. The van der Waals surface area contributed by atoms with E-state index in [4.69, 9.17) is 42.9 Å². The first kappa shape index (κ1) is 57.7. The highest BCUT2D eigenvalue weighted by Gasteiger charge is 2.36. The van der Waals surface area contributed by atoms with Crippen molar-refractivity contribution in [3.05, 3.63) is 165 Å². The molecule has 0 amide bonds. The van der Waals surface area contributed by atoms with E-state index in [1.165, 1.54) is 38.5 Å². The highest BCUT2D eigenvalue weighted by Crippen LogP contribution is 2.36. The zero-order valence-corrected chi connectivity index (χ0v) is 40.3. The van der Waals surface area contributed by atoms with Gasteiger partial charge in [0, 0.05) is 19.5 Å². The fraction of sp³-hybridized carbons (Fsp3) is 0.143. The summed E-state index contributed by atoms with van der Waals surface area (Å²) in [6.45, 7) is -0.727. The number of sulfonamides is 2. The van der Waals surface area contributed by atoms with Crippen LogP contribution in [0, 0.1) is 17.2 Å². The molecule has 4 aromatic carbocycles. The third-order valence-electron chi connectivity index (χ3n) is 9.02. The molecule has 0 aliphatic rings. The minimum absolute atomic E-state index is 0.0798. The van der Waals surface area contributed by atoms with E-state index in [0.29, 0.717) is 28.6 Å². The Balaban J connectivity index is 0.000000286. The summed E-state index contributed by atoms with van der Waals surface area (Å²) in [5.41, 5.74) is 0.484. The molecule has 0 aliphatic carbocycles. The van der Waals surface area contributed by atoms with Crippen molar-refractivity contribution in [1.29, 1.82) is 5.53 Å². The summed E-state index contributed by atoms with van der Waals surface area (Å²) in [7, 11) is -5.81. The van der Waals surface area contributed by atoms with Gasteiger partial charge in [0.1, 0.15) is 52.4 Å². The van der Waals surface area contributed by atoms with Gasteiger partial charge in [-0.25, -0.2) is 39.9 Å². The fourth-order valence-corrected chi connectivity index (χ4v) is 8.79. The van der Waals surface area contributed by atoms with E-state index in [1.807, 2.05) is 4.72 Å². The molecule has 30 heteroatoms. The first-order valence-corrected chi connectivity index (χ1v) is 23.1. The largest absolute Gasteiger partial charge is 0.496 e. The molecule has 0 saturated heterocycles. The minimum atomic E-state index is -4.81. The summed E-state index contributed by atoms with van der Waals surface area (Å²) >= 11 is 16.4. The zero-order chi connectivity index (χ0) is 53.8. The number of anilines is 2. The van der Waals surface area contributed by atoms with Crippen LogP contribution in [0.3, 0.4) is 0 Å². The molecule has 0 unspecified atom stereocenters. The Kier molecular flexibility index (Phi) is 19.6. The Hall–Kier alpha value is -6.91. The first-order chi connectivity index (χ1) is 33.8. The van der Waals surface area contributed by atoms with E-state index in [9.17, 15) is 61.5 Å². The molecule has 0 radical (unpaired) electrons. The number of halogens is 11. The van der Waals surface area contributed by atoms with Crippen LogP contribution in [-0.2, 0) is 37.1 Å². The molecule has 2 N–H and O–H groups in total. The number of ketones is 2. The maximum absolute atomic E-state index is 14.6. The number of aromatic nitrogens is 2. The van der Waals surface area contributed by atoms with Gasteiger partial charge in [-0.3, -0.25) is 14.3 Å². The Morgan fingerprint density at radius 1 is 0.694 bits per heavy atom. The van der Waals surface area contributed by atoms with E-state index in [-0.39, 0.29) is 21.5 Å². The van der Waals surface area contributed by atoms with Crippen LogP contribution in [-0.4, -0.2) is 66.4 Å². The van der Waals surface area contributed by atoms with Crippen molar-refractivity contribution in [3.8, 4) is 11.5 Å². The Bertz CT molecular complexity index is 3230. The van der Waals surface area contributed by atoms with Gasteiger partial charge < -0.3 is 14.2 Å². The number of benzene rings is 4. The lowest BCUT2D eigenvalue weighted by atomic mass is 10.0. The van der Waals surface area contributed by atoms with Gasteiger partial charge >= 0.3 is 12.4 Å². The molecule has 0 saturated carbocycles. The highest BCUT2D eigenvalue weighted by atomic mass is 35.5. The number of methoxy groups -OCH3 is 3. The minimum Gasteiger partial charge on any atom is -0.496 e. The maximum atomic E-state index is 14.6. The van der Waals surface area contributed by atoms with Gasteiger partial charge in [0.2, 0.25) is 11.6 Å². The second kappa shape index (κ2) is 24.5. The van der Waals surface area contributed by atoms with Crippen LogP contribution in [0.4, 0.5) is 46.5 Å². The van der Waals surface area contributed by atoms with Crippen molar-refractivity contribution in [2.24, 2.45) is 15.1 Å². The molecule has 2 aromatic heterocycles. The molecule has 6 aromatic rings. The van der Waals surface area contributed by atoms with Gasteiger partial charge in [-0.05, 0) is 83.2 Å². The molecule has 382 valence electrons. The smallest absolute Gasteiger partial charge is 0.416 e. The van der Waals surface area contributed by atoms with Gasteiger partial charge in [0.15, 0.2) is 0 Å². The van der Waals surface area contributed by atoms with Crippen LogP contribution in [0.5, 0.6) is 11.5 Å². The topological polar surface area (TPSA) is 232 Å². The number of ether oxygens (including phenoxy) is 3. The van der Waals surface area contributed by atoms with E-state index in [0.717, 1.165) is 68.0 Å². The number of rotatable bonds is 15. The third kappa shape index (κ3) is 14.2. The summed E-state index contributed by atoms with van der Waals surface area (Å²) in [6.07, 6.45) is -7.51. The van der Waals surface area contributed by atoms with E-state index in [1.54, 1.807) is 0 Å². The first-order valence-electron chi connectivity index (χ1n) is 19.1. The number of carbonyl (C=O) groups excluding carboxylic acids is 2. The average molecular weight is 1110 g/mol. The predicted octanol–water partition coefficient (Wildman–Crippen LogP) is 11.4. The lowest BCUT2D eigenvalue weighted by Gasteiger charge is -2.25. The Morgan fingerprint density at radius 2 is 1.15 bits per heavy atom. The monoisotopic (exact) mass is 1110 g/mol. The summed E-state index contributed by atoms with van der Waals surface area (Å²) in [4.78, 5) is 32.5. The van der Waals surface area contributed by atoms with Crippen LogP contribution >= 0.6 is 35.0 Å². The van der Waals surface area contributed by atoms with E-state index < -0.39 is 117 Å². The average Bonchev–Trinajstić information content (AvgIpc) is 3.32. The van der Waals surface area contributed by atoms with Gasteiger partial charge in [0.25, 0.3) is 20.0 Å². The molecular formula is C42H31Cl3F8N8O9S2. The molecule has 2 heterocycles. The summed E-state index contributed by atoms with van der Waals surface area (Å²) < 4.78 is 180. The molecule has 0 aliphatic heterocycles. The van der Waals surface area contributed by atoms with Crippen LogP contribution in [0.2, 0.25) is 10.0 Å². The van der Waals surface area contributed by atoms with Crippen molar-refractivity contribution in [1.82, 2.24) is 9.97 Å². The van der Waals surface area contributed by atoms with Gasteiger partial charge in [-0.2, -0.15) is 31.9 Å². The highest BCUT2D eigenvalue weighted by molar-refractivity contribution is 7.93. The number of nitrogens with zero attached hydrogens (tertiary/aromatic N) is 6. The van der Waals surface area contributed by atoms with Crippen LogP contribution < -0.4 is 18.5 Å². The van der Waals surface area contributed by atoms with Crippen molar-refractivity contribution in [2.45, 2.75) is 22.1 Å². The lowest BCUT2D eigenvalue weighted by molar-refractivity contribution is -0.138. The second-order valence-electron chi connectivity index (χ2n) is 13.6. The van der Waals surface area contributed by atoms with Crippen molar-refractivity contribution in [3.63, 3.8) is 0 Å². The molecule has 6 rings (SSSR count). The molecule has 0 atom stereocenters. The maximum Gasteiger partial charge on any atom is 0.416 e. The number of alkyl halides is 6. The van der Waals surface area contributed by atoms with Crippen LogP contribution in [0.25, 0.3) is 0 Å². The Morgan fingerprint density at radius 3 is 1.61 bits per heavy atom. The molecule has 0 spiro atoms. The molecule has 17 nitrogen and oxygen atoms in total. The van der Waals surface area contributed by atoms with Crippen LogP contribution in [0.1, 0.15) is 43.2 Å². The molecular weight excluding hydrogens is 1080 g/mol. The van der Waals surface area contributed by atoms with Gasteiger partial charge in [-0.1, -0.05) is 52.1 Å². The van der Waals surface area contributed by atoms with Crippen molar-refractivity contribution < 1.29 is 75.8 Å². The van der Waals surface area contributed by atoms with Crippen LogP contribution in [0.15, 0.2) is 134 Å². The van der Waals surface area contributed by atoms with Crippen molar-refractivity contribution >= 4 is 78.0 Å². The number of hydrogen-bond donors (Lipinski definition) is 2. The SMILES string of the molecule is COCN(c1cc(Cl)cnc1C(=O)c1c(F)cccc1OC)S(=O)(=O)c1cccc(C(F)(F)F)c1.COc1cccc(F)c1C(=O)c1ncc(Cl)cc1NS(=O)(=O)c1cccc(C(F)(F)F)c1.N=NN=NCl. The molecule has 0 fully saturated rings. The van der Waals surface area contributed by atoms with E-state index >= 15 is 0 Å². The lowest BCUT2D eigenvalue weighted by Crippen LogP contribution is -2.34. The molecule has 0 bridgehead atoms. The van der Waals surface area contributed by atoms with Gasteiger partial charge in [0.05, 0.1) is 68.3 Å². The second-order valence-corrected chi connectivity index (χ2v) is 18.1. The quantitative estimate of drug-likeness (QED) is 0.0323. The summed E-state index contributed by atoms with van der Waals surface area (Å²) in [6, 6.07) is 15.3. The zero-order valence-electron chi connectivity index (χ0n) is 36.4. The van der Waals surface area contributed by atoms with Gasteiger partial charge in [-0.15, -0.1) is 0 Å².